The minimum atomic E-state index is -0.445. The number of anilines is 1. The summed E-state index contributed by atoms with van der Waals surface area (Å²) in [4.78, 5) is 24.0. The third kappa shape index (κ3) is 2.67. The minimum absolute atomic E-state index is 0.0980. The van der Waals surface area contributed by atoms with Gasteiger partial charge in [0.1, 0.15) is 0 Å². The Balaban J connectivity index is 2.28. The van der Waals surface area contributed by atoms with E-state index < -0.39 is 11.6 Å². The number of ether oxygens (including phenoxy) is 2. The molecule has 0 bridgehead atoms. The van der Waals surface area contributed by atoms with Crippen molar-refractivity contribution in [3.05, 3.63) is 52.6 Å². The van der Waals surface area contributed by atoms with Crippen LogP contribution in [0.1, 0.15) is 0 Å². The van der Waals surface area contributed by atoms with Crippen molar-refractivity contribution in [1.29, 1.82) is 0 Å². The smallest absolute Gasteiger partial charge is 0.247 e. The lowest BCUT2D eigenvalue weighted by Crippen LogP contribution is -2.25. The van der Waals surface area contributed by atoms with Crippen LogP contribution < -0.4 is 5.32 Å². The molecule has 0 aliphatic heterocycles. The zero-order valence-corrected chi connectivity index (χ0v) is 11.7. The fourth-order valence-corrected chi connectivity index (χ4v) is 1.89. The van der Waals surface area contributed by atoms with E-state index in [0.29, 0.717) is 10.7 Å². The molecule has 0 atom stereocenters. The van der Waals surface area contributed by atoms with Crippen molar-refractivity contribution in [3.63, 3.8) is 0 Å². The molecule has 1 aromatic carbocycles. The molecule has 5 nitrogen and oxygen atoms in total. The van der Waals surface area contributed by atoms with Gasteiger partial charge in [-0.2, -0.15) is 0 Å². The molecule has 0 unspecified atom stereocenters. The number of benzene rings is 1. The Labute approximate surface area is 120 Å². The predicted molar refractivity (Wildman–Crippen MR) is 74.2 cm³/mol. The highest BCUT2D eigenvalue weighted by Crippen LogP contribution is 2.22. The largest absolute Gasteiger partial charge is 0.490 e. The van der Waals surface area contributed by atoms with Gasteiger partial charge < -0.3 is 14.8 Å². The number of rotatable bonds is 4. The van der Waals surface area contributed by atoms with Crippen molar-refractivity contribution in [2.24, 2.45) is 0 Å². The van der Waals surface area contributed by atoms with E-state index >= 15 is 0 Å². The first-order valence-electron chi connectivity index (χ1n) is 5.72. The molecule has 0 amide bonds. The van der Waals surface area contributed by atoms with Gasteiger partial charge in [-0.1, -0.05) is 11.6 Å². The summed E-state index contributed by atoms with van der Waals surface area (Å²) in [6.07, 6.45) is 1.18. The van der Waals surface area contributed by atoms with Crippen LogP contribution >= 0.6 is 11.6 Å². The van der Waals surface area contributed by atoms with Crippen molar-refractivity contribution in [2.75, 3.05) is 19.5 Å². The Kier molecular flexibility index (Phi) is 4.10. The number of Topliss-reactive ketones (excluding diaryl/α,β-unsaturated/α-hetero) is 1. The Bertz CT molecular complexity index is 617. The van der Waals surface area contributed by atoms with Crippen LogP contribution in [0, 0.1) is 0 Å². The second kappa shape index (κ2) is 5.79. The Hall–Kier alpha value is -2.27. The summed E-state index contributed by atoms with van der Waals surface area (Å²) in [5.74, 6) is -1.09. The van der Waals surface area contributed by atoms with Crippen molar-refractivity contribution in [3.8, 4) is 0 Å². The van der Waals surface area contributed by atoms with E-state index in [1.807, 2.05) is 0 Å². The molecule has 1 aromatic rings. The summed E-state index contributed by atoms with van der Waals surface area (Å²) in [7, 11) is 2.62. The van der Waals surface area contributed by atoms with Crippen LogP contribution in [-0.2, 0) is 19.1 Å². The van der Waals surface area contributed by atoms with Crippen LogP contribution in [-0.4, -0.2) is 25.8 Å². The van der Waals surface area contributed by atoms with Crippen LogP contribution in [0.2, 0.25) is 5.02 Å². The molecule has 1 aliphatic carbocycles. The Morgan fingerprint density at radius 3 is 2.15 bits per heavy atom. The van der Waals surface area contributed by atoms with Crippen LogP contribution in [0.4, 0.5) is 5.69 Å². The van der Waals surface area contributed by atoms with Crippen molar-refractivity contribution < 1.29 is 19.1 Å². The summed E-state index contributed by atoms with van der Waals surface area (Å²) in [6, 6.07) is 6.74. The predicted octanol–water partition coefficient (Wildman–Crippen LogP) is 2.29. The molecule has 0 fully saturated rings. The minimum Gasteiger partial charge on any atom is -0.490 e. The van der Waals surface area contributed by atoms with Gasteiger partial charge in [-0.3, -0.25) is 9.59 Å². The number of ketones is 2. The van der Waals surface area contributed by atoms with Gasteiger partial charge in [0.05, 0.1) is 19.9 Å². The fourth-order valence-electron chi connectivity index (χ4n) is 1.76. The zero-order valence-electron chi connectivity index (χ0n) is 10.9. The third-order valence-corrected chi connectivity index (χ3v) is 2.94. The highest BCUT2D eigenvalue weighted by atomic mass is 35.5. The lowest BCUT2D eigenvalue weighted by atomic mass is 10.1. The number of halogens is 1. The monoisotopic (exact) mass is 293 g/mol. The number of carbonyl (C=O) groups is 2. The topological polar surface area (TPSA) is 64.6 Å². The van der Waals surface area contributed by atoms with Gasteiger partial charge in [-0.05, 0) is 24.3 Å². The van der Waals surface area contributed by atoms with E-state index in [2.05, 4.69) is 5.32 Å². The molecule has 0 radical (unpaired) electrons. The van der Waals surface area contributed by atoms with Gasteiger partial charge in [0.25, 0.3) is 0 Å². The zero-order chi connectivity index (χ0) is 14.7. The molecule has 2 rings (SSSR count). The normalized spacial score (nSPS) is 15.1. The quantitative estimate of drug-likeness (QED) is 0.863. The molecule has 0 saturated carbocycles. The molecule has 0 spiro atoms. The van der Waals surface area contributed by atoms with E-state index in [1.54, 1.807) is 24.3 Å². The molecule has 0 saturated heterocycles. The Morgan fingerprint density at radius 1 is 1.00 bits per heavy atom. The summed E-state index contributed by atoms with van der Waals surface area (Å²) < 4.78 is 9.83. The molecule has 0 aromatic heterocycles. The van der Waals surface area contributed by atoms with Crippen molar-refractivity contribution in [1.82, 2.24) is 0 Å². The van der Waals surface area contributed by atoms with E-state index in [1.165, 1.54) is 20.3 Å². The van der Waals surface area contributed by atoms with Crippen molar-refractivity contribution >= 4 is 28.9 Å². The highest BCUT2D eigenvalue weighted by Gasteiger charge is 2.30. The lowest BCUT2D eigenvalue weighted by molar-refractivity contribution is -0.120. The molecule has 1 N–H and O–H groups in total. The third-order valence-electron chi connectivity index (χ3n) is 2.69. The van der Waals surface area contributed by atoms with E-state index in [9.17, 15) is 9.59 Å². The van der Waals surface area contributed by atoms with E-state index in [0.717, 1.165) is 0 Å². The van der Waals surface area contributed by atoms with Gasteiger partial charge in [-0.15, -0.1) is 0 Å². The van der Waals surface area contributed by atoms with Gasteiger partial charge in [-0.25, -0.2) is 0 Å². The van der Waals surface area contributed by atoms with Crippen LogP contribution in [0.5, 0.6) is 0 Å². The molecular weight excluding hydrogens is 282 g/mol. The molecule has 104 valence electrons. The van der Waals surface area contributed by atoms with Gasteiger partial charge in [0.2, 0.25) is 23.1 Å². The number of hydrogen-bond donors (Lipinski definition) is 1. The van der Waals surface area contributed by atoms with Crippen molar-refractivity contribution in [2.45, 2.75) is 0 Å². The molecule has 0 heterocycles. The number of methoxy groups -OCH3 is 2. The second-order valence-electron chi connectivity index (χ2n) is 3.95. The standard InChI is InChI=1S/C14H12ClNO4/c1-19-13-11(17)7-10(12(18)14(13)20-2)16-9-5-3-8(15)4-6-9/h3-7,16H,1-2H3. The fraction of sp³-hybridized carbons (Fsp3) is 0.143. The number of nitrogens with one attached hydrogen (secondary N) is 1. The Morgan fingerprint density at radius 2 is 1.60 bits per heavy atom. The molecule has 1 aliphatic rings. The van der Waals surface area contributed by atoms with Gasteiger partial charge >= 0.3 is 0 Å². The average molecular weight is 294 g/mol. The van der Waals surface area contributed by atoms with Crippen LogP contribution in [0.15, 0.2) is 47.6 Å². The first-order valence-corrected chi connectivity index (χ1v) is 6.10. The molecule has 6 heteroatoms. The second-order valence-corrected chi connectivity index (χ2v) is 4.39. The first kappa shape index (κ1) is 14.1. The van der Waals surface area contributed by atoms with E-state index in [-0.39, 0.29) is 17.2 Å². The maximum atomic E-state index is 12.2. The number of carbonyl (C=O) groups excluding carboxylic acids is 2. The van der Waals surface area contributed by atoms with Gasteiger partial charge in [0, 0.05) is 16.8 Å². The maximum Gasteiger partial charge on any atom is 0.247 e. The number of hydrogen-bond acceptors (Lipinski definition) is 5. The lowest BCUT2D eigenvalue weighted by Gasteiger charge is -2.17. The average Bonchev–Trinajstić information content (AvgIpc) is 2.44. The maximum absolute atomic E-state index is 12.2. The SMILES string of the molecule is COC1=C(OC)C(=O)C(Nc2ccc(Cl)cc2)=CC1=O. The molecular formula is C14H12ClNO4. The summed E-state index contributed by atoms with van der Waals surface area (Å²) in [5, 5.41) is 3.44. The summed E-state index contributed by atoms with van der Waals surface area (Å²) >= 11 is 5.78. The summed E-state index contributed by atoms with van der Waals surface area (Å²) in [5.41, 5.74) is 0.757. The first-order chi connectivity index (χ1) is 9.56. The molecule has 20 heavy (non-hydrogen) atoms. The van der Waals surface area contributed by atoms with Gasteiger partial charge in [0.15, 0.2) is 0 Å². The summed E-state index contributed by atoms with van der Waals surface area (Å²) in [6.45, 7) is 0. The van der Waals surface area contributed by atoms with Crippen LogP contribution in [0.25, 0.3) is 0 Å². The number of allylic oxidation sites excluding steroid dienone is 1. The van der Waals surface area contributed by atoms with Crippen LogP contribution in [0.3, 0.4) is 0 Å². The highest BCUT2D eigenvalue weighted by molar-refractivity contribution is 6.30. The van der Waals surface area contributed by atoms with E-state index in [4.69, 9.17) is 21.1 Å².